The number of hydrogen-bond acceptors (Lipinski definition) is 4. The Morgan fingerprint density at radius 2 is 1.19 bits per heavy atom. The van der Waals surface area contributed by atoms with Crippen molar-refractivity contribution in [2.45, 2.75) is 0 Å². The number of carboxylic acid groups (broad SMARTS) is 2. The quantitative estimate of drug-likeness (QED) is 0.738. The molecule has 0 atom stereocenters. The summed E-state index contributed by atoms with van der Waals surface area (Å²) >= 11 is 0. The highest BCUT2D eigenvalue weighted by Gasteiger charge is 2.01. The van der Waals surface area contributed by atoms with Crippen LogP contribution in [0.4, 0.5) is 0 Å². The van der Waals surface area contributed by atoms with Crippen LogP contribution in [0.5, 0.6) is 11.5 Å². The highest BCUT2D eigenvalue weighted by atomic mass is 16.5. The van der Waals surface area contributed by atoms with Crippen LogP contribution in [0.3, 0.4) is 0 Å². The lowest BCUT2D eigenvalue weighted by Gasteiger charge is -2.05. The molecular weight excluding hydrogens is 216 g/mol. The SMILES string of the molecule is O=C(O)COc1ccc(OCC(=O)O)cc1. The number of rotatable bonds is 6. The van der Waals surface area contributed by atoms with E-state index < -0.39 is 25.2 Å². The largest absolute Gasteiger partial charge is 0.482 e. The number of benzene rings is 1. The first-order valence-electron chi connectivity index (χ1n) is 4.37. The fourth-order valence-corrected chi connectivity index (χ4v) is 0.922. The van der Waals surface area contributed by atoms with Crippen molar-refractivity contribution in [2.75, 3.05) is 13.2 Å². The van der Waals surface area contributed by atoms with Gasteiger partial charge in [0.2, 0.25) is 0 Å². The van der Waals surface area contributed by atoms with E-state index in [4.69, 9.17) is 19.7 Å². The third-order valence-electron chi connectivity index (χ3n) is 1.55. The standard InChI is InChI=1S/C10H10O6/c11-9(12)5-15-7-1-2-8(4-3-7)16-6-10(13)14/h1-4H,5-6H2,(H,11,12)(H,13,14). The Bertz CT molecular complexity index is 332. The number of carboxylic acids is 2. The van der Waals surface area contributed by atoms with Gasteiger partial charge in [0, 0.05) is 0 Å². The van der Waals surface area contributed by atoms with E-state index >= 15 is 0 Å². The van der Waals surface area contributed by atoms with Gasteiger partial charge in [-0.1, -0.05) is 0 Å². The van der Waals surface area contributed by atoms with Crippen molar-refractivity contribution in [3.05, 3.63) is 24.3 Å². The zero-order valence-corrected chi connectivity index (χ0v) is 8.25. The molecule has 0 aromatic heterocycles. The molecule has 0 spiro atoms. The predicted octanol–water partition coefficient (Wildman–Crippen LogP) is 0.613. The van der Waals surface area contributed by atoms with Crippen LogP contribution in [0.2, 0.25) is 0 Å². The first-order chi connectivity index (χ1) is 7.58. The van der Waals surface area contributed by atoms with E-state index in [1.807, 2.05) is 0 Å². The topological polar surface area (TPSA) is 93.1 Å². The average molecular weight is 226 g/mol. The van der Waals surface area contributed by atoms with E-state index in [1.54, 1.807) is 0 Å². The molecule has 16 heavy (non-hydrogen) atoms. The van der Waals surface area contributed by atoms with Gasteiger partial charge in [-0.05, 0) is 24.3 Å². The maximum absolute atomic E-state index is 10.2. The van der Waals surface area contributed by atoms with E-state index in [-0.39, 0.29) is 0 Å². The van der Waals surface area contributed by atoms with Crippen LogP contribution >= 0.6 is 0 Å². The lowest BCUT2D eigenvalue weighted by molar-refractivity contribution is -0.140. The molecule has 0 bridgehead atoms. The molecule has 0 aliphatic rings. The number of hydrogen-bond donors (Lipinski definition) is 2. The van der Waals surface area contributed by atoms with Gasteiger partial charge >= 0.3 is 11.9 Å². The van der Waals surface area contributed by atoms with E-state index in [0.717, 1.165) is 0 Å². The normalized spacial score (nSPS) is 9.50. The Morgan fingerprint density at radius 3 is 1.44 bits per heavy atom. The van der Waals surface area contributed by atoms with E-state index in [9.17, 15) is 9.59 Å². The fourth-order valence-electron chi connectivity index (χ4n) is 0.922. The summed E-state index contributed by atoms with van der Waals surface area (Å²) in [6.45, 7) is -0.843. The molecule has 0 saturated heterocycles. The predicted molar refractivity (Wildman–Crippen MR) is 52.7 cm³/mol. The second kappa shape index (κ2) is 5.59. The summed E-state index contributed by atoms with van der Waals surface area (Å²) < 4.78 is 9.75. The molecule has 2 N–H and O–H groups in total. The van der Waals surface area contributed by atoms with Crippen LogP contribution in [0.25, 0.3) is 0 Å². The van der Waals surface area contributed by atoms with Gasteiger partial charge in [-0.25, -0.2) is 9.59 Å². The number of ether oxygens (including phenoxy) is 2. The zero-order valence-electron chi connectivity index (χ0n) is 8.25. The van der Waals surface area contributed by atoms with Gasteiger partial charge in [0.1, 0.15) is 11.5 Å². The van der Waals surface area contributed by atoms with Crippen molar-refractivity contribution >= 4 is 11.9 Å². The van der Waals surface area contributed by atoms with Crippen molar-refractivity contribution in [1.82, 2.24) is 0 Å². The van der Waals surface area contributed by atoms with Crippen molar-refractivity contribution in [3.63, 3.8) is 0 Å². The first kappa shape index (κ1) is 11.8. The minimum atomic E-state index is -1.06. The molecule has 0 radical (unpaired) electrons. The molecule has 0 fully saturated rings. The molecule has 0 unspecified atom stereocenters. The summed E-state index contributed by atoms with van der Waals surface area (Å²) in [5.74, 6) is -1.37. The summed E-state index contributed by atoms with van der Waals surface area (Å²) in [5.41, 5.74) is 0. The molecule has 1 aromatic carbocycles. The summed E-state index contributed by atoms with van der Waals surface area (Å²) in [6.07, 6.45) is 0. The summed E-state index contributed by atoms with van der Waals surface area (Å²) in [6, 6.07) is 6.00. The van der Waals surface area contributed by atoms with Gasteiger partial charge < -0.3 is 19.7 Å². The van der Waals surface area contributed by atoms with Crippen molar-refractivity contribution in [1.29, 1.82) is 0 Å². The van der Waals surface area contributed by atoms with E-state index in [0.29, 0.717) is 11.5 Å². The molecular formula is C10H10O6. The maximum Gasteiger partial charge on any atom is 0.341 e. The zero-order chi connectivity index (χ0) is 12.0. The molecule has 0 aliphatic heterocycles. The van der Waals surface area contributed by atoms with Crippen molar-refractivity contribution in [2.24, 2.45) is 0 Å². The minimum Gasteiger partial charge on any atom is -0.482 e. The van der Waals surface area contributed by atoms with E-state index in [2.05, 4.69) is 0 Å². The van der Waals surface area contributed by atoms with Crippen molar-refractivity contribution < 1.29 is 29.3 Å². The van der Waals surface area contributed by atoms with Crippen LogP contribution in [0, 0.1) is 0 Å². The molecule has 6 heteroatoms. The molecule has 86 valence electrons. The molecule has 0 saturated carbocycles. The summed E-state index contributed by atoms with van der Waals surface area (Å²) in [5, 5.41) is 16.7. The summed E-state index contributed by atoms with van der Waals surface area (Å²) in [4.78, 5) is 20.4. The van der Waals surface area contributed by atoms with Gasteiger partial charge in [0.15, 0.2) is 13.2 Å². The highest BCUT2D eigenvalue weighted by molar-refractivity contribution is 5.68. The fraction of sp³-hybridized carbons (Fsp3) is 0.200. The van der Waals surface area contributed by atoms with Crippen LogP contribution < -0.4 is 9.47 Å². The third-order valence-corrected chi connectivity index (χ3v) is 1.55. The molecule has 1 rings (SSSR count). The highest BCUT2D eigenvalue weighted by Crippen LogP contribution is 2.17. The molecule has 0 amide bonds. The Hall–Kier alpha value is -2.24. The van der Waals surface area contributed by atoms with Gasteiger partial charge in [-0.3, -0.25) is 0 Å². The van der Waals surface area contributed by atoms with Crippen LogP contribution in [0.1, 0.15) is 0 Å². The average Bonchev–Trinajstić information content (AvgIpc) is 2.25. The van der Waals surface area contributed by atoms with Crippen LogP contribution in [-0.4, -0.2) is 35.4 Å². The maximum atomic E-state index is 10.2. The second-order valence-electron chi connectivity index (χ2n) is 2.84. The smallest absolute Gasteiger partial charge is 0.341 e. The van der Waals surface area contributed by atoms with Gasteiger partial charge in [-0.15, -0.1) is 0 Å². The van der Waals surface area contributed by atoms with Crippen molar-refractivity contribution in [3.8, 4) is 11.5 Å². The van der Waals surface area contributed by atoms with E-state index in [1.165, 1.54) is 24.3 Å². The third kappa shape index (κ3) is 4.32. The lowest BCUT2D eigenvalue weighted by Crippen LogP contribution is -2.10. The Labute approximate surface area is 91.0 Å². The lowest BCUT2D eigenvalue weighted by atomic mass is 10.3. The first-order valence-corrected chi connectivity index (χ1v) is 4.37. The second-order valence-corrected chi connectivity index (χ2v) is 2.84. The Morgan fingerprint density at radius 1 is 0.875 bits per heavy atom. The number of carbonyl (C=O) groups is 2. The van der Waals surface area contributed by atoms with Gasteiger partial charge in [-0.2, -0.15) is 0 Å². The number of aliphatic carboxylic acids is 2. The van der Waals surface area contributed by atoms with Gasteiger partial charge in [0.05, 0.1) is 0 Å². The van der Waals surface area contributed by atoms with Gasteiger partial charge in [0.25, 0.3) is 0 Å². The minimum absolute atomic E-state index is 0.380. The molecule has 1 aromatic rings. The molecule has 0 aliphatic carbocycles. The molecule has 0 heterocycles. The summed E-state index contributed by atoms with van der Waals surface area (Å²) in [7, 11) is 0. The van der Waals surface area contributed by atoms with Crippen LogP contribution in [0.15, 0.2) is 24.3 Å². The molecule has 6 nitrogen and oxygen atoms in total. The Balaban J connectivity index is 2.47. The Kier molecular flexibility index (Phi) is 4.14. The monoisotopic (exact) mass is 226 g/mol. The van der Waals surface area contributed by atoms with Crippen LogP contribution in [-0.2, 0) is 9.59 Å².